The quantitative estimate of drug-likeness (QED) is 0.847. The molecule has 1 aromatic heterocycles. The molecule has 21 heavy (non-hydrogen) atoms. The van der Waals surface area contributed by atoms with Crippen LogP contribution in [-0.2, 0) is 6.42 Å². The number of nitrogen functional groups attached to an aromatic ring is 1. The van der Waals surface area contributed by atoms with Crippen molar-refractivity contribution in [1.82, 2.24) is 15.0 Å². The van der Waals surface area contributed by atoms with E-state index in [2.05, 4.69) is 20.3 Å². The van der Waals surface area contributed by atoms with Crippen LogP contribution in [0.3, 0.4) is 0 Å². The Bertz CT molecular complexity index is 588. The summed E-state index contributed by atoms with van der Waals surface area (Å²) < 4.78 is 18.2. The Morgan fingerprint density at radius 2 is 1.90 bits per heavy atom. The van der Waals surface area contributed by atoms with Gasteiger partial charge in [-0.15, -0.1) is 0 Å². The van der Waals surface area contributed by atoms with Gasteiger partial charge < -0.3 is 15.8 Å². The molecule has 7 heteroatoms. The first-order valence-corrected chi connectivity index (χ1v) is 6.69. The van der Waals surface area contributed by atoms with Crippen molar-refractivity contribution in [3.8, 4) is 6.01 Å². The zero-order valence-corrected chi connectivity index (χ0v) is 12.0. The molecule has 2 rings (SSSR count). The number of hydrogen-bond donors (Lipinski definition) is 2. The van der Waals surface area contributed by atoms with Gasteiger partial charge in [0.25, 0.3) is 0 Å². The molecule has 0 saturated carbocycles. The molecule has 2 aromatic rings. The number of halogens is 1. The van der Waals surface area contributed by atoms with Gasteiger partial charge in [-0.25, -0.2) is 4.39 Å². The number of hydrogen-bond acceptors (Lipinski definition) is 6. The van der Waals surface area contributed by atoms with Gasteiger partial charge in [0.05, 0.1) is 6.10 Å². The van der Waals surface area contributed by atoms with E-state index in [1.54, 1.807) is 12.1 Å². The minimum Gasteiger partial charge on any atom is -0.461 e. The monoisotopic (exact) mass is 291 g/mol. The maximum Gasteiger partial charge on any atom is 0.323 e. The fourth-order valence-electron chi connectivity index (χ4n) is 1.68. The molecule has 0 fully saturated rings. The lowest BCUT2D eigenvalue weighted by molar-refractivity contribution is 0.222. The molecule has 0 saturated heterocycles. The van der Waals surface area contributed by atoms with Crippen molar-refractivity contribution in [2.45, 2.75) is 26.4 Å². The van der Waals surface area contributed by atoms with Gasteiger partial charge in [0.2, 0.25) is 11.9 Å². The average molecular weight is 291 g/mol. The molecular weight excluding hydrogens is 273 g/mol. The van der Waals surface area contributed by atoms with Crippen LogP contribution in [-0.4, -0.2) is 27.6 Å². The number of ether oxygens (including phenoxy) is 1. The fraction of sp³-hybridized carbons (Fsp3) is 0.357. The number of nitrogens with two attached hydrogens (primary N) is 1. The van der Waals surface area contributed by atoms with Gasteiger partial charge in [-0.1, -0.05) is 12.1 Å². The van der Waals surface area contributed by atoms with Crippen LogP contribution < -0.4 is 15.8 Å². The van der Waals surface area contributed by atoms with Crippen molar-refractivity contribution in [3.05, 3.63) is 35.6 Å². The SMILES string of the molecule is CC(C)Oc1nc(N)nc(NCCc2ccc(F)cc2)n1. The van der Waals surface area contributed by atoms with E-state index < -0.39 is 0 Å². The second-order valence-corrected chi connectivity index (χ2v) is 4.77. The van der Waals surface area contributed by atoms with Crippen LogP contribution in [0.1, 0.15) is 19.4 Å². The van der Waals surface area contributed by atoms with Crippen LogP contribution in [0.2, 0.25) is 0 Å². The molecule has 0 bridgehead atoms. The molecule has 1 aromatic carbocycles. The maximum absolute atomic E-state index is 12.8. The summed E-state index contributed by atoms with van der Waals surface area (Å²) in [6.45, 7) is 4.35. The van der Waals surface area contributed by atoms with E-state index in [9.17, 15) is 4.39 Å². The zero-order chi connectivity index (χ0) is 15.2. The number of benzene rings is 1. The number of nitrogens with zero attached hydrogens (tertiary/aromatic N) is 3. The second-order valence-electron chi connectivity index (χ2n) is 4.77. The Hall–Kier alpha value is -2.44. The second kappa shape index (κ2) is 6.83. The molecule has 0 aliphatic carbocycles. The van der Waals surface area contributed by atoms with E-state index in [0.717, 1.165) is 5.56 Å². The normalized spacial score (nSPS) is 10.7. The molecule has 6 nitrogen and oxygen atoms in total. The molecule has 112 valence electrons. The van der Waals surface area contributed by atoms with Crippen molar-refractivity contribution in [1.29, 1.82) is 0 Å². The van der Waals surface area contributed by atoms with E-state index >= 15 is 0 Å². The van der Waals surface area contributed by atoms with Crippen molar-refractivity contribution in [2.75, 3.05) is 17.6 Å². The first kappa shape index (κ1) is 15.0. The third-order valence-corrected chi connectivity index (χ3v) is 2.58. The van der Waals surface area contributed by atoms with Crippen LogP contribution in [0, 0.1) is 5.82 Å². The van der Waals surface area contributed by atoms with E-state index in [0.29, 0.717) is 18.9 Å². The number of aromatic nitrogens is 3. The maximum atomic E-state index is 12.8. The molecule has 0 unspecified atom stereocenters. The molecule has 0 atom stereocenters. The van der Waals surface area contributed by atoms with Crippen LogP contribution in [0.25, 0.3) is 0 Å². The van der Waals surface area contributed by atoms with Gasteiger partial charge in [-0.3, -0.25) is 0 Å². The van der Waals surface area contributed by atoms with Crippen LogP contribution >= 0.6 is 0 Å². The summed E-state index contributed by atoms with van der Waals surface area (Å²) in [4.78, 5) is 12.0. The van der Waals surface area contributed by atoms with Crippen molar-refractivity contribution >= 4 is 11.9 Å². The minimum absolute atomic E-state index is 0.0427. The van der Waals surface area contributed by atoms with Crippen molar-refractivity contribution < 1.29 is 9.13 Å². The Morgan fingerprint density at radius 3 is 2.57 bits per heavy atom. The Morgan fingerprint density at radius 1 is 1.19 bits per heavy atom. The Labute approximate surface area is 122 Å². The highest BCUT2D eigenvalue weighted by molar-refractivity contribution is 5.33. The summed E-state index contributed by atoms with van der Waals surface area (Å²) in [5.41, 5.74) is 6.63. The molecule has 0 aliphatic rings. The summed E-state index contributed by atoms with van der Waals surface area (Å²) in [5, 5.41) is 3.05. The predicted molar refractivity (Wildman–Crippen MR) is 78.6 cm³/mol. The molecule has 0 radical (unpaired) electrons. The lowest BCUT2D eigenvalue weighted by Gasteiger charge is -2.10. The smallest absolute Gasteiger partial charge is 0.323 e. The van der Waals surface area contributed by atoms with Crippen LogP contribution in [0.5, 0.6) is 6.01 Å². The van der Waals surface area contributed by atoms with E-state index in [1.807, 2.05) is 13.8 Å². The summed E-state index contributed by atoms with van der Waals surface area (Å²) in [6, 6.07) is 6.55. The number of anilines is 2. The molecule has 1 heterocycles. The van der Waals surface area contributed by atoms with E-state index in [-0.39, 0.29) is 23.9 Å². The standard InChI is InChI=1S/C14H18FN5O/c1-9(2)21-14-19-12(16)18-13(20-14)17-8-7-10-3-5-11(15)6-4-10/h3-6,9H,7-8H2,1-2H3,(H3,16,17,18,19,20). The third kappa shape index (κ3) is 4.87. The van der Waals surface area contributed by atoms with E-state index in [4.69, 9.17) is 10.5 Å². The van der Waals surface area contributed by atoms with E-state index in [1.165, 1.54) is 12.1 Å². The lowest BCUT2D eigenvalue weighted by Crippen LogP contribution is -2.14. The number of nitrogens with one attached hydrogen (secondary N) is 1. The Kier molecular flexibility index (Phi) is 4.86. The van der Waals surface area contributed by atoms with Gasteiger partial charge in [-0.05, 0) is 38.0 Å². The van der Waals surface area contributed by atoms with Gasteiger partial charge >= 0.3 is 6.01 Å². The molecule has 3 N–H and O–H groups in total. The largest absolute Gasteiger partial charge is 0.461 e. The summed E-state index contributed by atoms with van der Waals surface area (Å²) >= 11 is 0. The highest BCUT2D eigenvalue weighted by Gasteiger charge is 2.06. The van der Waals surface area contributed by atoms with Gasteiger partial charge in [0.15, 0.2) is 0 Å². The van der Waals surface area contributed by atoms with Gasteiger partial charge in [0.1, 0.15) is 5.82 Å². The topological polar surface area (TPSA) is 86.0 Å². The molecular formula is C14H18FN5O. The summed E-state index contributed by atoms with van der Waals surface area (Å²) in [6.07, 6.45) is 0.672. The van der Waals surface area contributed by atoms with Crippen molar-refractivity contribution in [2.24, 2.45) is 0 Å². The lowest BCUT2D eigenvalue weighted by atomic mass is 10.1. The van der Waals surface area contributed by atoms with Gasteiger partial charge in [0, 0.05) is 6.54 Å². The third-order valence-electron chi connectivity index (χ3n) is 2.58. The van der Waals surface area contributed by atoms with Crippen LogP contribution in [0.15, 0.2) is 24.3 Å². The zero-order valence-electron chi connectivity index (χ0n) is 12.0. The summed E-state index contributed by atoms with van der Waals surface area (Å²) in [5.74, 6) is 0.220. The Balaban J connectivity index is 1.93. The van der Waals surface area contributed by atoms with Crippen LogP contribution in [0.4, 0.5) is 16.3 Å². The first-order chi connectivity index (χ1) is 10.0. The first-order valence-electron chi connectivity index (χ1n) is 6.69. The highest BCUT2D eigenvalue weighted by atomic mass is 19.1. The molecule has 0 aliphatic heterocycles. The summed E-state index contributed by atoms with van der Waals surface area (Å²) in [7, 11) is 0. The van der Waals surface area contributed by atoms with Crippen molar-refractivity contribution in [3.63, 3.8) is 0 Å². The fourth-order valence-corrected chi connectivity index (χ4v) is 1.68. The average Bonchev–Trinajstić information content (AvgIpc) is 2.39. The predicted octanol–water partition coefficient (Wildman–Crippen LogP) is 2.03. The molecule has 0 spiro atoms. The molecule has 0 amide bonds. The van der Waals surface area contributed by atoms with Gasteiger partial charge in [-0.2, -0.15) is 15.0 Å². The minimum atomic E-state index is -0.243. The number of rotatable bonds is 6. The highest BCUT2D eigenvalue weighted by Crippen LogP contribution is 2.11.